The molecule has 0 radical (unpaired) electrons. The molecule has 6 heteroatoms. The molecular weight excluding hydrogens is 391 g/mol. The van der Waals surface area contributed by atoms with Crippen LogP contribution in [0.2, 0.25) is 0 Å². The van der Waals surface area contributed by atoms with Gasteiger partial charge < -0.3 is 10.6 Å². The van der Waals surface area contributed by atoms with Crippen LogP contribution in [0.15, 0.2) is 66.7 Å². The molecule has 0 aliphatic heterocycles. The lowest BCUT2D eigenvalue weighted by atomic mass is 10.1. The number of alkyl halides is 3. The molecule has 0 saturated heterocycles. The largest absolute Gasteiger partial charge is 0.361 e. The first-order valence-electron chi connectivity index (χ1n) is 8.03. The first-order chi connectivity index (χ1) is 12.3. The number of hydrogen-bond donors (Lipinski definition) is 2. The number of fused-ring (bicyclic) bond motifs is 1. The molecule has 3 aromatic rings. The van der Waals surface area contributed by atoms with Gasteiger partial charge in [-0.25, -0.2) is 0 Å². The van der Waals surface area contributed by atoms with E-state index < -0.39 is 9.96 Å². The summed E-state index contributed by atoms with van der Waals surface area (Å²) in [7, 11) is 0. The zero-order valence-corrected chi connectivity index (χ0v) is 16.2. The standard InChI is InChI=1S/C20H17Cl3N2O/c1-13-6-4-9-15(12-13)18(26)25-19(20(21,22)23)24-17-11-5-8-14-7-2-3-10-16(14)17/h2-12,19,24H,1H3,(H,25,26)/t19-/m1/s1. The van der Waals surface area contributed by atoms with Crippen molar-refractivity contribution in [2.45, 2.75) is 16.9 Å². The number of carbonyl (C=O) groups excluding carboxylic acids is 1. The minimum Gasteiger partial charge on any atom is -0.361 e. The average molecular weight is 408 g/mol. The van der Waals surface area contributed by atoms with Crippen LogP contribution in [0.5, 0.6) is 0 Å². The normalized spacial score (nSPS) is 12.6. The van der Waals surface area contributed by atoms with Gasteiger partial charge in [-0.15, -0.1) is 0 Å². The summed E-state index contributed by atoms with van der Waals surface area (Å²) in [5.41, 5.74) is 2.25. The Kier molecular flexibility index (Phi) is 5.61. The molecule has 0 aliphatic rings. The van der Waals surface area contributed by atoms with Crippen molar-refractivity contribution in [3.8, 4) is 0 Å². The van der Waals surface area contributed by atoms with Crippen molar-refractivity contribution < 1.29 is 4.79 Å². The van der Waals surface area contributed by atoms with Crippen molar-refractivity contribution in [1.82, 2.24) is 5.32 Å². The molecule has 1 amide bonds. The van der Waals surface area contributed by atoms with Gasteiger partial charge in [0.15, 0.2) is 0 Å². The van der Waals surface area contributed by atoms with Gasteiger partial charge in [-0.2, -0.15) is 0 Å². The fourth-order valence-electron chi connectivity index (χ4n) is 2.71. The highest BCUT2D eigenvalue weighted by molar-refractivity contribution is 6.68. The number of hydrogen-bond acceptors (Lipinski definition) is 2. The Bertz CT molecular complexity index is 932. The summed E-state index contributed by atoms with van der Waals surface area (Å²) in [6.07, 6.45) is -0.911. The predicted molar refractivity (Wildman–Crippen MR) is 110 cm³/mol. The molecule has 0 spiro atoms. The molecule has 2 N–H and O–H groups in total. The Morgan fingerprint density at radius 3 is 2.38 bits per heavy atom. The van der Waals surface area contributed by atoms with Gasteiger partial charge in [0, 0.05) is 16.6 Å². The maximum Gasteiger partial charge on any atom is 0.252 e. The minimum absolute atomic E-state index is 0.322. The van der Waals surface area contributed by atoms with E-state index in [1.807, 2.05) is 61.5 Å². The molecule has 3 rings (SSSR count). The SMILES string of the molecule is Cc1cccc(C(=O)N[C@@H](Nc2cccc3ccccc23)C(Cl)(Cl)Cl)c1. The molecule has 134 valence electrons. The van der Waals surface area contributed by atoms with E-state index in [1.54, 1.807) is 12.1 Å². The van der Waals surface area contributed by atoms with Gasteiger partial charge in [0.05, 0.1) is 0 Å². The Labute approximate surface area is 167 Å². The van der Waals surface area contributed by atoms with Gasteiger partial charge in [0.1, 0.15) is 6.17 Å². The molecule has 3 aromatic carbocycles. The third-order valence-electron chi connectivity index (χ3n) is 3.97. The van der Waals surface area contributed by atoms with Crippen molar-refractivity contribution in [3.05, 3.63) is 77.9 Å². The van der Waals surface area contributed by atoms with Crippen molar-refractivity contribution in [2.24, 2.45) is 0 Å². The molecule has 0 fully saturated rings. The first kappa shape index (κ1) is 18.8. The Morgan fingerprint density at radius 2 is 1.65 bits per heavy atom. The van der Waals surface area contributed by atoms with E-state index in [2.05, 4.69) is 10.6 Å². The lowest BCUT2D eigenvalue weighted by Crippen LogP contribution is -2.49. The molecule has 0 unspecified atom stereocenters. The molecule has 0 saturated carbocycles. The van der Waals surface area contributed by atoms with Crippen LogP contribution < -0.4 is 10.6 Å². The van der Waals surface area contributed by atoms with Crippen molar-refractivity contribution in [1.29, 1.82) is 0 Å². The molecule has 1 atom stereocenters. The average Bonchev–Trinajstić information content (AvgIpc) is 2.60. The van der Waals surface area contributed by atoms with Gasteiger partial charge in [0.25, 0.3) is 5.91 Å². The Balaban J connectivity index is 1.88. The zero-order valence-electron chi connectivity index (χ0n) is 14.0. The van der Waals surface area contributed by atoms with Crippen LogP contribution in [-0.4, -0.2) is 15.9 Å². The second-order valence-corrected chi connectivity index (χ2v) is 8.36. The van der Waals surface area contributed by atoms with Crippen molar-refractivity contribution in [2.75, 3.05) is 5.32 Å². The summed E-state index contributed by atoms with van der Waals surface area (Å²) < 4.78 is -1.74. The first-order valence-corrected chi connectivity index (χ1v) is 9.16. The predicted octanol–water partition coefficient (Wildman–Crippen LogP) is 5.69. The van der Waals surface area contributed by atoms with Gasteiger partial charge >= 0.3 is 0 Å². The number of carbonyl (C=O) groups is 1. The van der Waals surface area contributed by atoms with Gasteiger partial charge in [-0.1, -0.05) is 88.9 Å². The Morgan fingerprint density at radius 1 is 0.962 bits per heavy atom. The molecule has 0 bridgehead atoms. The summed E-state index contributed by atoms with van der Waals surface area (Å²) in [5, 5.41) is 7.94. The quantitative estimate of drug-likeness (QED) is 0.431. The van der Waals surface area contributed by atoms with Crippen molar-refractivity contribution >= 4 is 57.2 Å². The zero-order chi connectivity index (χ0) is 18.7. The summed E-state index contributed by atoms with van der Waals surface area (Å²) in [5.74, 6) is -0.322. The number of rotatable bonds is 4. The second kappa shape index (κ2) is 7.75. The van der Waals surface area contributed by atoms with Crippen LogP contribution in [0.4, 0.5) is 5.69 Å². The Hall–Kier alpha value is -1.94. The number of benzene rings is 3. The van der Waals surface area contributed by atoms with Crippen LogP contribution in [0.25, 0.3) is 10.8 Å². The van der Waals surface area contributed by atoms with Crippen LogP contribution in [-0.2, 0) is 0 Å². The van der Waals surface area contributed by atoms with Crippen LogP contribution >= 0.6 is 34.8 Å². The van der Waals surface area contributed by atoms with Gasteiger partial charge in [-0.3, -0.25) is 4.79 Å². The van der Waals surface area contributed by atoms with E-state index in [0.29, 0.717) is 5.56 Å². The molecule has 26 heavy (non-hydrogen) atoms. The van der Waals surface area contributed by atoms with E-state index >= 15 is 0 Å². The van der Waals surface area contributed by atoms with Gasteiger partial charge in [0.2, 0.25) is 3.79 Å². The topological polar surface area (TPSA) is 41.1 Å². The van der Waals surface area contributed by atoms with E-state index in [0.717, 1.165) is 22.0 Å². The summed E-state index contributed by atoms with van der Waals surface area (Å²) in [4.78, 5) is 12.6. The second-order valence-electron chi connectivity index (χ2n) is 5.99. The number of aryl methyl sites for hydroxylation is 1. The summed E-state index contributed by atoms with van der Waals surface area (Å²) >= 11 is 18.4. The van der Waals surface area contributed by atoms with E-state index in [-0.39, 0.29) is 5.91 Å². The van der Waals surface area contributed by atoms with E-state index in [1.165, 1.54) is 0 Å². The molecule has 0 aromatic heterocycles. The highest BCUT2D eigenvalue weighted by Gasteiger charge is 2.34. The lowest BCUT2D eigenvalue weighted by Gasteiger charge is -2.28. The van der Waals surface area contributed by atoms with E-state index in [9.17, 15) is 4.79 Å². The third kappa shape index (κ3) is 4.42. The lowest BCUT2D eigenvalue weighted by molar-refractivity contribution is 0.0942. The summed E-state index contributed by atoms with van der Waals surface area (Å²) in [6, 6.07) is 20.9. The number of halogens is 3. The highest BCUT2D eigenvalue weighted by Crippen LogP contribution is 2.33. The number of amides is 1. The van der Waals surface area contributed by atoms with Crippen LogP contribution in [0.3, 0.4) is 0 Å². The minimum atomic E-state index is -1.74. The van der Waals surface area contributed by atoms with Crippen LogP contribution in [0, 0.1) is 6.92 Å². The maximum atomic E-state index is 12.6. The number of anilines is 1. The van der Waals surface area contributed by atoms with Gasteiger partial charge in [-0.05, 0) is 30.5 Å². The highest BCUT2D eigenvalue weighted by atomic mass is 35.6. The molecule has 0 aliphatic carbocycles. The smallest absolute Gasteiger partial charge is 0.252 e. The number of nitrogens with one attached hydrogen (secondary N) is 2. The van der Waals surface area contributed by atoms with Crippen molar-refractivity contribution in [3.63, 3.8) is 0 Å². The summed E-state index contributed by atoms with van der Waals surface area (Å²) in [6.45, 7) is 1.91. The maximum absolute atomic E-state index is 12.6. The fraction of sp³-hybridized carbons (Fsp3) is 0.150. The molecular formula is C20H17Cl3N2O. The molecule has 3 nitrogen and oxygen atoms in total. The van der Waals surface area contributed by atoms with Crippen LogP contribution in [0.1, 0.15) is 15.9 Å². The fourth-order valence-corrected chi connectivity index (χ4v) is 3.03. The monoisotopic (exact) mass is 406 g/mol. The molecule has 0 heterocycles. The third-order valence-corrected chi connectivity index (χ3v) is 4.63. The van der Waals surface area contributed by atoms with E-state index in [4.69, 9.17) is 34.8 Å².